The second-order valence-corrected chi connectivity index (χ2v) is 8.97. The van der Waals surface area contributed by atoms with Gasteiger partial charge in [-0.3, -0.25) is 4.57 Å². The summed E-state index contributed by atoms with van der Waals surface area (Å²) < 4.78 is 7.23. The number of benzene rings is 3. The monoisotopic (exact) mass is 480 g/mol. The van der Waals surface area contributed by atoms with Gasteiger partial charge in [0.05, 0.1) is 5.92 Å². The Kier molecular flexibility index (Phi) is 6.85. The molecule has 1 aromatic heterocycles. The molecule has 5 rings (SSSR count). The van der Waals surface area contributed by atoms with Gasteiger partial charge in [-0.05, 0) is 47.6 Å². The molecule has 182 valence electrons. The summed E-state index contributed by atoms with van der Waals surface area (Å²) in [6, 6.07) is 26.1. The van der Waals surface area contributed by atoms with Crippen molar-refractivity contribution in [2.45, 2.75) is 31.7 Å². The summed E-state index contributed by atoms with van der Waals surface area (Å²) in [5.41, 5.74) is 6.19. The molecule has 0 unspecified atom stereocenters. The molecule has 0 fully saturated rings. The number of hydrogen-bond acceptors (Lipinski definition) is 3. The number of nitrogens with one attached hydrogen (secondary N) is 1. The second-order valence-electron chi connectivity index (χ2n) is 8.97. The average molecular weight is 481 g/mol. The maximum Gasteiger partial charge on any atom is 0.341 e. The third-order valence-electron chi connectivity index (χ3n) is 6.62. The van der Waals surface area contributed by atoms with Crippen LogP contribution in [-0.2, 0) is 17.8 Å². The van der Waals surface area contributed by atoms with Gasteiger partial charge in [0, 0.05) is 24.0 Å². The van der Waals surface area contributed by atoms with Gasteiger partial charge in [-0.1, -0.05) is 78.9 Å². The van der Waals surface area contributed by atoms with E-state index >= 15 is 0 Å². The van der Waals surface area contributed by atoms with Gasteiger partial charge in [-0.25, -0.2) is 9.59 Å². The van der Waals surface area contributed by atoms with Gasteiger partial charge < -0.3 is 14.8 Å². The Hall–Kier alpha value is -4.32. The van der Waals surface area contributed by atoms with Crippen molar-refractivity contribution in [3.05, 3.63) is 130 Å². The molecule has 0 saturated carbocycles. The van der Waals surface area contributed by atoms with E-state index in [0.717, 1.165) is 52.8 Å². The molecule has 1 aliphatic carbocycles. The lowest BCUT2D eigenvalue weighted by Crippen LogP contribution is -2.16. The first kappa shape index (κ1) is 23.4. The Labute approximate surface area is 209 Å². The molecule has 0 saturated heterocycles. The number of H-pyrrole nitrogens is 1. The average Bonchev–Trinajstić information content (AvgIpc) is 3.27. The zero-order valence-corrected chi connectivity index (χ0v) is 19.9. The first-order valence-electron chi connectivity index (χ1n) is 12.2. The third-order valence-corrected chi connectivity index (χ3v) is 6.62. The fourth-order valence-electron chi connectivity index (χ4n) is 4.99. The predicted molar refractivity (Wildman–Crippen MR) is 139 cm³/mol. The molecular weight excluding hydrogens is 452 g/mol. The largest absolute Gasteiger partial charge is 0.482 e. The number of aliphatic carboxylic acids is 1. The minimum atomic E-state index is -0.994. The van der Waals surface area contributed by atoms with Crippen molar-refractivity contribution in [2.24, 2.45) is 0 Å². The highest BCUT2D eigenvalue weighted by atomic mass is 16.5. The van der Waals surface area contributed by atoms with Crippen molar-refractivity contribution in [1.29, 1.82) is 0 Å². The van der Waals surface area contributed by atoms with Crippen LogP contribution in [0.1, 0.15) is 46.7 Å². The molecular formula is C30H28N2O4. The number of nitrogens with zero attached hydrogens (tertiary/aromatic N) is 1. The fourth-order valence-corrected chi connectivity index (χ4v) is 4.99. The van der Waals surface area contributed by atoms with Gasteiger partial charge in [0.2, 0.25) is 0 Å². The van der Waals surface area contributed by atoms with E-state index in [-0.39, 0.29) is 18.2 Å². The normalized spacial score (nSPS) is 14.1. The Bertz CT molecular complexity index is 1400. The quantitative estimate of drug-likeness (QED) is 0.361. The number of imidazole rings is 1. The van der Waals surface area contributed by atoms with E-state index in [1.165, 1.54) is 0 Å². The summed E-state index contributed by atoms with van der Waals surface area (Å²) in [6.07, 6.45) is 6.70. The summed E-state index contributed by atoms with van der Waals surface area (Å²) >= 11 is 0. The molecule has 36 heavy (non-hydrogen) atoms. The first-order valence-corrected chi connectivity index (χ1v) is 12.2. The van der Waals surface area contributed by atoms with Crippen LogP contribution >= 0.6 is 0 Å². The third kappa shape index (κ3) is 5.03. The Balaban J connectivity index is 1.44. The molecule has 1 heterocycles. The zero-order chi connectivity index (χ0) is 24.9. The molecule has 2 N–H and O–H groups in total. The number of carbonyl (C=O) groups is 1. The molecule has 1 aliphatic rings. The molecule has 4 aromatic rings. The number of carboxylic acids is 1. The van der Waals surface area contributed by atoms with E-state index in [4.69, 9.17) is 9.84 Å². The number of hydrogen-bond donors (Lipinski definition) is 2. The molecule has 6 heteroatoms. The highest BCUT2D eigenvalue weighted by Crippen LogP contribution is 2.36. The smallest absolute Gasteiger partial charge is 0.341 e. The highest BCUT2D eigenvalue weighted by Gasteiger charge is 2.21. The van der Waals surface area contributed by atoms with Crippen LogP contribution in [0.15, 0.2) is 95.9 Å². The lowest BCUT2D eigenvalue weighted by Gasteiger charge is -2.22. The van der Waals surface area contributed by atoms with Gasteiger partial charge in [0.25, 0.3) is 0 Å². The zero-order valence-electron chi connectivity index (χ0n) is 19.9. The lowest BCUT2D eigenvalue weighted by molar-refractivity contribution is -0.139. The SMILES string of the molecule is O=C(O)COc1cccc2c1CCCC2=CCn1cc(C(c2ccccc2)c2ccccc2)[nH]c1=O. The summed E-state index contributed by atoms with van der Waals surface area (Å²) in [4.78, 5) is 27.0. The Morgan fingerprint density at radius 1 is 0.972 bits per heavy atom. The predicted octanol–water partition coefficient (Wildman–Crippen LogP) is 5.24. The number of aromatic nitrogens is 2. The molecule has 0 amide bonds. The van der Waals surface area contributed by atoms with Gasteiger partial charge >= 0.3 is 11.7 Å². The topological polar surface area (TPSA) is 84.3 Å². The van der Waals surface area contributed by atoms with Crippen LogP contribution in [0.2, 0.25) is 0 Å². The highest BCUT2D eigenvalue weighted by molar-refractivity contribution is 5.73. The molecule has 0 aliphatic heterocycles. The van der Waals surface area contributed by atoms with Crippen LogP contribution in [0.3, 0.4) is 0 Å². The van der Waals surface area contributed by atoms with Crippen molar-refractivity contribution in [1.82, 2.24) is 9.55 Å². The van der Waals surface area contributed by atoms with Crippen LogP contribution in [0.5, 0.6) is 5.75 Å². The van der Waals surface area contributed by atoms with E-state index in [1.54, 1.807) is 4.57 Å². The summed E-state index contributed by atoms with van der Waals surface area (Å²) in [7, 11) is 0. The summed E-state index contributed by atoms with van der Waals surface area (Å²) in [5.74, 6) is -0.445. The second kappa shape index (κ2) is 10.5. The van der Waals surface area contributed by atoms with Crippen molar-refractivity contribution in [2.75, 3.05) is 6.61 Å². The van der Waals surface area contributed by atoms with Gasteiger partial charge in [0.1, 0.15) is 5.75 Å². The van der Waals surface area contributed by atoms with Crippen LogP contribution in [0.4, 0.5) is 0 Å². The summed E-state index contributed by atoms with van der Waals surface area (Å²) in [6.45, 7) is 0.0850. The van der Waals surface area contributed by atoms with Gasteiger partial charge in [-0.2, -0.15) is 0 Å². The number of ether oxygens (including phenoxy) is 1. The molecule has 0 spiro atoms. The number of aromatic amines is 1. The van der Waals surface area contributed by atoms with Crippen LogP contribution in [0.25, 0.3) is 5.57 Å². The molecule has 0 atom stereocenters. The van der Waals surface area contributed by atoms with E-state index < -0.39 is 5.97 Å². The Morgan fingerprint density at radius 2 is 1.67 bits per heavy atom. The van der Waals surface area contributed by atoms with Crippen molar-refractivity contribution in [3.63, 3.8) is 0 Å². The lowest BCUT2D eigenvalue weighted by atomic mass is 9.86. The standard InChI is InChI=1S/C30H28N2O4/c33-28(34)20-36-27-16-8-14-24-21(13-7-15-25(24)27)17-18-32-19-26(31-30(32)35)29(22-9-3-1-4-10-22)23-11-5-2-6-12-23/h1-6,8-12,14,16-17,19,29H,7,13,15,18,20H2,(H,31,35)(H,33,34). The van der Waals surface area contributed by atoms with Gasteiger partial charge in [0.15, 0.2) is 6.61 Å². The minimum Gasteiger partial charge on any atom is -0.482 e. The number of rotatable bonds is 8. The fraction of sp³-hybridized carbons (Fsp3) is 0.200. The van der Waals surface area contributed by atoms with E-state index in [9.17, 15) is 9.59 Å². The van der Waals surface area contributed by atoms with E-state index in [0.29, 0.717) is 12.3 Å². The van der Waals surface area contributed by atoms with Crippen molar-refractivity contribution < 1.29 is 14.6 Å². The van der Waals surface area contributed by atoms with Crippen molar-refractivity contribution in [3.8, 4) is 5.75 Å². The molecule has 0 radical (unpaired) electrons. The van der Waals surface area contributed by atoms with Gasteiger partial charge in [-0.15, -0.1) is 0 Å². The number of fused-ring (bicyclic) bond motifs is 1. The first-order chi connectivity index (χ1) is 17.6. The maximum absolute atomic E-state index is 12.9. The number of allylic oxidation sites excluding steroid dienone is 2. The molecule has 0 bridgehead atoms. The van der Waals surface area contributed by atoms with E-state index in [2.05, 4.69) is 35.3 Å². The van der Waals surface area contributed by atoms with Crippen LogP contribution < -0.4 is 10.4 Å². The van der Waals surface area contributed by atoms with E-state index in [1.807, 2.05) is 60.8 Å². The maximum atomic E-state index is 12.9. The molecule has 6 nitrogen and oxygen atoms in total. The minimum absolute atomic E-state index is 0.0710. The molecule has 3 aromatic carbocycles. The van der Waals surface area contributed by atoms with Crippen LogP contribution in [-0.4, -0.2) is 27.2 Å². The summed E-state index contributed by atoms with van der Waals surface area (Å²) in [5, 5.41) is 8.98. The van der Waals surface area contributed by atoms with Crippen molar-refractivity contribution >= 4 is 11.5 Å². The van der Waals surface area contributed by atoms with Crippen LogP contribution in [0, 0.1) is 0 Å². The number of carboxylic acid groups (broad SMARTS) is 1. The Morgan fingerprint density at radius 3 is 2.33 bits per heavy atom.